The molecular formula is C15H21N3O3S. The molecule has 0 saturated heterocycles. The smallest absolute Gasteiger partial charge is 0.244 e. The van der Waals surface area contributed by atoms with Crippen LogP contribution in [0.5, 0.6) is 0 Å². The Morgan fingerprint density at radius 2 is 2.00 bits per heavy atom. The molecule has 6 nitrogen and oxygen atoms in total. The first-order chi connectivity index (χ1) is 10.4. The van der Waals surface area contributed by atoms with Crippen LogP contribution in [-0.4, -0.2) is 38.0 Å². The van der Waals surface area contributed by atoms with Crippen molar-refractivity contribution in [1.82, 2.24) is 14.5 Å². The molecule has 1 aromatic heterocycles. The highest BCUT2D eigenvalue weighted by Gasteiger charge is 2.22. The number of nitrogens with one attached hydrogen (secondary N) is 1. The van der Waals surface area contributed by atoms with Gasteiger partial charge in [0, 0.05) is 19.3 Å². The van der Waals surface area contributed by atoms with Crippen molar-refractivity contribution < 1.29 is 13.2 Å². The maximum Gasteiger partial charge on any atom is 0.244 e. The van der Waals surface area contributed by atoms with Gasteiger partial charge in [-0.2, -0.15) is 5.10 Å². The van der Waals surface area contributed by atoms with E-state index in [9.17, 15) is 8.42 Å². The normalized spacial score (nSPS) is 13.2. The Kier molecular flexibility index (Phi) is 5.33. The van der Waals surface area contributed by atoms with Crippen molar-refractivity contribution in [2.75, 3.05) is 13.7 Å². The summed E-state index contributed by atoms with van der Waals surface area (Å²) < 4.78 is 33.9. The first-order valence-corrected chi connectivity index (χ1v) is 8.50. The van der Waals surface area contributed by atoms with Gasteiger partial charge in [0.15, 0.2) is 0 Å². The number of aromatic nitrogens is 2. The van der Waals surface area contributed by atoms with Gasteiger partial charge in [-0.25, -0.2) is 13.1 Å². The summed E-state index contributed by atoms with van der Waals surface area (Å²) in [7, 11) is -2.06. The molecule has 0 saturated carbocycles. The molecule has 1 heterocycles. The molecule has 7 heteroatoms. The number of methoxy groups -OCH3 is 1. The van der Waals surface area contributed by atoms with Gasteiger partial charge in [0.05, 0.1) is 18.8 Å². The molecule has 2 rings (SSSR count). The number of sulfonamides is 1. The summed E-state index contributed by atoms with van der Waals surface area (Å²) in [5.74, 6) is 0. The van der Waals surface area contributed by atoms with Crippen LogP contribution in [0.4, 0.5) is 0 Å². The fraction of sp³-hybridized carbons (Fsp3) is 0.400. The Bertz CT molecular complexity index is 711. The van der Waals surface area contributed by atoms with E-state index < -0.39 is 10.0 Å². The Labute approximate surface area is 131 Å². The summed E-state index contributed by atoms with van der Waals surface area (Å²) in [6.45, 7) is 4.29. The zero-order valence-corrected chi connectivity index (χ0v) is 13.8. The van der Waals surface area contributed by atoms with Gasteiger partial charge in [0.2, 0.25) is 10.0 Å². The monoisotopic (exact) mass is 323 g/mol. The summed E-state index contributed by atoms with van der Waals surface area (Å²) in [4.78, 5) is 0.200. The second-order valence-corrected chi connectivity index (χ2v) is 6.92. The van der Waals surface area contributed by atoms with E-state index in [0.717, 1.165) is 5.56 Å². The van der Waals surface area contributed by atoms with E-state index in [-0.39, 0.29) is 10.9 Å². The largest absolute Gasteiger partial charge is 0.383 e. The van der Waals surface area contributed by atoms with E-state index in [1.807, 2.05) is 30.3 Å². The number of hydrogen-bond donors (Lipinski definition) is 1. The summed E-state index contributed by atoms with van der Waals surface area (Å²) in [5, 5.41) is 4.29. The Morgan fingerprint density at radius 1 is 1.32 bits per heavy atom. The minimum absolute atomic E-state index is 0.200. The van der Waals surface area contributed by atoms with E-state index in [0.29, 0.717) is 18.8 Å². The van der Waals surface area contributed by atoms with Gasteiger partial charge >= 0.3 is 0 Å². The molecule has 0 fully saturated rings. The molecule has 1 aromatic carbocycles. The molecule has 0 aliphatic heterocycles. The van der Waals surface area contributed by atoms with Crippen molar-refractivity contribution in [2.24, 2.45) is 0 Å². The van der Waals surface area contributed by atoms with Crippen LogP contribution in [0.1, 0.15) is 18.2 Å². The van der Waals surface area contributed by atoms with Crippen molar-refractivity contribution in [2.45, 2.75) is 31.3 Å². The Hall–Kier alpha value is -1.70. The minimum atomic E-state index is -3.60. The fourth-order valence-corrected chi connectivity index (χ4v) is 3.64. The SMILES string of the molecule is COCC(C)NS(=O)(=O)c1cn(Cc2ccccc2)nc1C. The van der Waals surface area contributed by atoms with Crippen molar-refractivity contribution in [1.29, 1.82) is 0 Å². The number of ether oxygens (including phenoxy) is 1. The molecule has 22 heavy (non-hydrogen) atoms. The molecule has 0 radical (unpaired) electrons. The lowest BCUT2D eigenvalue weighted by Crippen LogP contribution is -2.35. The zero-order chi connectivity index (χ0) is 16.2. The molecule has 120 valence electrons. The number of nitrogens with zero attached hydrogens (tertiary/aromatic N) is 2. The average molecular weight is 323 g/mol. The first-order valence-electron chi connectivity index (χ1n) is 7.01. The van der Waals surface area contributed by atoms with Gasteiger partial charge < -0.3 is 4.74 Å². The molecule has 0 aliphatic carbocycles. The fourth-order valence-electron chi connectivity index (χ4n) is 2.23. The van der Waals surface area contributed by atoms with E-state index >= 15 is 0 Å². The number of hydrogen-bond acceptors (Lipinski definition) is 4. The second kappa shape index (κ2) is 7.04. The molecule has 0 aliphatic rings. The Balaban J connectivity index is 2.18. The van der Waals surface area contributed by atoms with Crippen LogP contribution in [0.15, 0.2) is 41.4 Å². The van der Waals surface area contributed by atoms with Crippen LogP contribution in [0, 0.1) is 6.92 Å². The van der Waals surface area contributed by atoms with Crippen LogP contribution in [0.3, 0.4) is 0 Å². The Morgan fingerprint density at radius 3 is 2.64 bits per heavy atom. The zero-order valence-electron chi connectivity index (χ0n) is 13.0. The van der Waals surface area contributed by atoms with Gasteiger partial charge in [-0.3, -0.25) is 4.68 Å². The van der Waals surface area contributed by atoms with E-state index in [4.69, 9.17) is 4.74 Å². The lowest BCUT2D eigenvalue weighted by molar-refractivity contribution is 0.180. The number of aryl methyl sites for hydroxylation is 1. The quantitative estimate of drug-likeness (QED) is 0.839. The lowest BCUT2D eigenvalue weighted by atomic mass is 10.2. The van der Waals surface area contributed by atoms with Crippen LogP contribution >= 0.6 is 0 Å². The van der Waals surface area contributed by atoms with Crippen LogP contribution in [0.2, 0.25) is 0 Å². The standard InChI is InChI=1S/C15H21N3O3S/c1-12(11-21-3)17-22(19,20)15-10-18(16-13(15)2)9-14-7-5-4-6-8-14/h4-8,10,12,17H,9,11H2,1-3H3. The molecule has 1 atom stereocenters. The number of benzene rings is 1. The third-order valence-corrected chi connectivity index (χ3v) is 4.84. The highest BCUT2D eigenvalue weighted by atomic mass is 32.2. The van der Waals surface area contributed by atoms with Crippen molar-refractivity contribution >= 4 is 10.0 Å². The van der Waals surface area contributed by atoms with E-state index in [2.05, 4.69) is 9.82 Å². The van der Waals surface area contributed by atoms with Gasteiger partial charge in [0.25, 0.3) is 0 Å². The van der Waals surface area contributed by atoms with Gasteiger partial charge in [-0.15, -0.1) is 0 Å². The second-order valence-electron chi connectivity index (χ2n) is 5.24. The summed E-state index contributed by atoms with van der Waals surface area (Å²) in [6.07, 6.45) is 1.56. The summed E-state index contributed by atoms with van der Waals surface area (Å²) >= 11 is 0. The average Bonchev–Trinajstić information content (AvgIpc) is 2.81. The van der Waals surface area contributed by atoms with Crippen molar-refractivity contribution in [3.63, 3.8) is 0 Å². The molecule has 2 aromatic rings. The lowest BCUT2D eigenvalue weighted by Gasteiger charge is -2.12. The van der Waals surface area contributed by atoms with Crippen molar-refractivity contribution in [3.05, 3.63) is 47.8 Å². The minimum Gasteiger partial charge on any atom is -0.383 e. The molecule has 1 N–H and O–H groups in total. The van der Waals surface area contributed by atoms with Gasteiger partial charge in [0.1, 0.15) is 4.90 Å². The topological polar surface area (TPSA) is 73.2 Å². The highest BCUT2D eigenvalue weighted by molar-refractivity contribution is 7.89. The molecular weight excluding hydrogens is 302 g/mol. The maximum atomic E-state index is 12.4. The summed E-state index contributed by atoms with van der Waals surface area (Å²) in [6, 6.07) is 9.48. The molecule has 0 bridgehead atoms. The summed E-state index contributed by atoms with van der Waals surface area (Å²) in [5.41, 5.74) is 1.54. The maximum absolute atomic E-state index is 12.4. The third kappa shape index (κ3) is 4.16. The highest BCUT2D eigenvalue weighted by Crippen LogP contribution is 2.15. The van der Waals surface area contributed by atoms with E-state index in [1.165, 1.54) is 7.11 Å². The van der Waals surface area contributed by atoms with Crippen molar-refractivity contribution in [3.8, 4) is 0 Å². The predicted molar refractivity (Wildman–Crippen MR) is 84.2 cm³/mol. The van der Waals surface area contributed by atoms with Crippen LogP contribution in [-0.2, 0) is 21.3 Å². The third-order valence-electron chi connectivity index (χ3n) is 3.15. The van der Waals surface area contributed by atoms with E-state index in [1.54, 1.807) is 24.7 Å². The van der Waals surface area contributed by atoms with Gasteiger partial charge in [-0.05, 0) is 19.4 Å². The predicted octanol–water partition coefficient (Wildman–Crippen LogP) is 1.55. The van der Waals surface area contributed by atoms with Crippen LogP contribution < -0.4 is 4.72 Å². The van der Waals surface area contributed by atoms with Gasteiger partial charge in [-0.1, -0.05) is 30.3 Å². The molecule has 1 unspecified atom stereocenters. The van der Waals surface area contributed by atoms with Crippen LogP contribution in [0.25, 0.3) is 0 Å². The molecule has 0 amide bonds. The number of rotatable bonds is 7. The first kappa shape index (κ1) is 16.7. The molecule has 0 spiro atoms.